The lowest BCUT2D eigenvalue weighted by Gasteiger charge is -1.97. The summed E-state index contributed by atoms with van der Waals surface area (Å²) in [7, 11) is 0. The fraction of sp³-hybridized carbons (Fsp3) is 0.400. The Labute approximate surface area is 63.0 Å². The van der Waals surface area contributed by atoms with E-state index in [2.05, 4.69) is 25.9 Å². The molecule has 0 atom stereocenters. The van der Waals surface area contributed by atoms with Gasteiger partial charge in [-0.2, -0.15) is 5.10 Å². The molecule has 6 heteroatoms. The molecular formula is C5H7N5O. The molecule has 58 valence electrons. The lowest BCUT2D eigenvalue weighted by Crippen LogP contribution is -2.01. The van der Waals surface area contributed by atoms with Crippen LogP contribution in [0.3, 0.4) is 0 Å². The molecule has 0 amide bonds. The van der Waals surface area contributed by atoms with E-state index < -0.39 is 0 Å². The number of nitrogens with zero attached hydrogens (tertiary/aromatic N) is 4. The Kier molecular flexibility index (Phi) is 2.05. The number of nitrogens with one attached hydrogen (secondary N) is 1. The van der Waals surface area contributed by atoms with Gasteiger partial charge in [0.1, 0.15) is 0 Å². The first kappa shape index (κ1) is 7.52. The van der Waals surface area contributed by atoms with E-state index in [1.807, 2.05) is 0 Å². The molecule has 11 heavy (non-hydrogen) atoms. The molecule has 0 unspecified atom stereocenters. The van der Waals surface area contributed by atoms with Crippen molar-refractivity contribution >= 4 is 5.95 Å². The van der Waals surface area contributed by atoms with Crippen molar-refractivity contribution in [1.82, 2.24) is 15.2 Å². The predicted octanol–water partition coefficient (Wildman–Crippen LogP) is 0.582. The molecule has 1 aromatic rings. The largest absolute Gasteiger partial charge is 0.266 e. The van der Waals surface area contributed by atoms with Gasteiger partial charge in [-0.3, -0.25) is 0 Å². The molecule has 0 fully saturated rings. The highest BCUT2D eigenvalue weighted by Crippen LogP contribution is 2.00. The van der Waals surface area contributed by atoms with Crippen molar-refractivity contribution in [2.75, 3.05) is 5.43 Å². The molecule has 0 saturated carbocycles. The van der Waals surface area contributed by atoms with Crippen LogP contribution in [0, 0.1) is 18.8 Å². The second-order valence-electron chi connectivity index (χ2n) is 2.01. The fourth-order valence-corrected chi connectivity index (χ4v) is 0.545. The van der Waals surface area contributed by atoms with Gasteiger partial charge in [-0.05, 0) is 13.8 Å². The maximum Gasteiger partial charge on any atom is 0.266 e. The Hall–Kier alpha value is -1.59. The third-order valence-corrected chi connectivity index (χ3v) is 1.24. The zero-order valence-corrected chi connectivity index (χ0v) is 6.20. The normalized spacial score (nSPS) is 9.27. The number of anilines is 1. The fourth-order valence-electron chi connectivity index (χ4n) is 0.545. The van der Waals surface area contributed by atoms with Crippen LogP contribution in [0.15, 0.2) is 5.29 Å². The van der Waals surface area contributed by atoms with Gasteiger partial charge in [0.2, 0.25) is 0 Å². The van der Waals surface area contributed by atoms with Gasteiger partial charge in [-0.15, -0.1) is 10.0 Å². The summed E-state index contributed by atoms with van der Waals surface area (Å²) in [5.74, 6) is 0.128. The van der Waals surface area contributed by atoms with Gasteiger partial charge in [-0.25, -0.2) is 10.4 Å². The van der Waals surface area contributed by atoms with Crippen LogP contribution in [0.1, 0.15) is 11.4 Å². The van der Waals surface area contributed by atoms with Gasteiger partial charge >= 0.3 is 0 Å². The second-order valence-corrected chi connectivity index (χ2v) is 2.01. The SMILES string of the molecule is Cc1nnc(NN=O)nc1C. The van der Waals surface area contributed by atoms with Crippen molar-refractivity contribution < 1.29 is 0 Å². The minimum atomic E-state index is 0.128. The highest BCUT2D eigenvalue weighted by Gasteiger charge is 1.98. The highest BCUT2D eigenvalue weighted by molar-refractivity contribution is 5.22. The summed E-state index contributed by atoms with van der Waals surface area (Å²) in [4.78, 5) is 13.6. The molecule has 1 heterocycles. The van der Waals surface area contributed by atoms with Crippen LogP contribution in [0.2, 0.25) is 0 Å². The molecule has 0 aliphatic carbocycles. The van der Waals surface area contributed by atoms with Gasteiger partial charge in [0, 0.05) is 0 Å². The number of aromatic nitrogens is 3. The maximum atomic E-state index is 9.70. The summed E-state index contributed by atoms with van der Waals surface area (Å²) in [6, 6.07) is 0. The van der Waals surface area contributed by atoms with Gasteiger partial charge in [0.15, 0.2) is 0 Å². The van der Waals surface area contributed by atoms with E-state index >= 15 is 0 Å². The van der Waals surface area contributed by atoms with E-state index in [1.165, 1.54) is 0 Å². The van der Waals surface area contributed by atoms with E-state index in [1.54, 1.807) is 13.8 Å². The van der Waals surface area contributed by atoms with Gasteiger partial charge in [-0.1, -0.05) is 0 Å². The Morgan fingerprint density at radius 2 is 2.00 bits per heavy atom. The molecule has 1 rings (SSSR count). The lowest BCUT2D eigenvalue weighted by molar-refractivity contribution is 0.893. The molecule has 0 saturated heterocycles. The molecule has 0 spiro atoms. The quantitative estimate of drug-likeness (QED) is 0.496. The van der Waals surface area contributed by atoms with E-state index in [-0.39, 0.29) is 5.95 Å². The number of rotatable bonds is 2. The first-order chi connectivity index (χ1) is 5.24. The second kappa shape index (κ2) is 3.00. The Morgan fingerprint density at radius 1 is 1.27 bits per heavy atom. The predicted molar refractivity (Wildman–Crippen MR) is 38.7 cm³/mol. The van der Waals surface area contributed by atoms with Crippen molar-refractivity contribution in [2.45, 2.75) is 13.8 Å². The molecule has 0 aliphatic rings. The van der Waals surface area contributed by atoms with E-state index in [4.69, 9.17) is 0 Å². The number of hydrogen-bond donors (Lipinski definition) is 1. The van der Waals surface area contributed by atoms with Crippen molar-refractivity contribution in [3.05, 3.63) is 16.3 Å². The standard InChI is InChI=1S/C5H7N5O/c1-3-4(2)7-8-5(6-3)9-10-11/h1-2H3,(H,6,8,9,11). The minimum Gasteiger partial charge on any atom is -0.214 e. The zero-order valence-electron chi connectivity index (χ0n) is 6.20. The van der Waals surface area contributed by atoms with Crippen LogP contribution in [0.5, 0.6) is 0 Å². The van der Waals surface area contributed by atoms with Gasteiger partial charge < -0.3 is 0 Å². The smallest absolute Gasteiger partial charge is 0.214 e. The molecule has 1 aromatic heterocycles. The van der Waals surface area contributed by atoms with E-state index in [9.17, 15) is 4.91 Å². The molecule has 0 aromatic carbocycles. The van der Waals surface area contributed by atoms with Crippen molar-refractivity contribution in [1.29, 1.82) is 0 Å². The monoisotopic (exact) mass is 153 g/mol. The van der Waals surface area contributed by atoms with Crippen LogP contribution < -0.4 is 5.43 Å². The molecular weight excluding hydrogens is 146 g/mol. The van der Waals surface area contributed by atoms with Crippen molar-refractivity contribution in [3.63, 3.8) is 0 Å². The molecule has 1 N–H and O–H groups in total. The summed E-state index contributed by atoms with van der Waals surface area (Å²) < 4.78 is 0. The number of nitroso groups, excluding NO2 is 1. The summed E-state index contributed by atoms with van der Waals surface area (Å²) in [6.45, 7) is 3.56. The van der Waals surface area contributed by atoms with Gasteiger partial charge in [0.25, 0.3) is 5.95 Å². The van der Waals surface area contributed by atoms with Crippen LogP contribution >= 0.6 is 0 Å². The van der Waals surface area contributed by atoms with Crippen molar-refractivity contribution in [2.24, 2.45) is 5.29 Å². The summed E-state index contributed by atoms with van der Waals surface area (Å²) >= 11 is 0. The Balaban J connectivity index is 2.95. The van der Waals surface area contributed by atoms with E-state index in [0.717, 1.165) is 11.4 Å². The number of hydrogen-bond acceptors (Lipinski definition) is 5. The van der Waals surface area contributed by atoms with Gasteiger partial charge in [0.05, 0.1) is 16.7 Å². The van der Waals surface area contributed by atoms with Crippen molar-refractivity contribution in [3.8, 4) is 0 Å². The summed E-state index contributed by atoms with van der Waals surface area (Å²) in [5.41, 5.74) is 3.53. The first-order valence-electron chi connectivity index (χ1n) is 3.00. The molecule has 0 radical (unpaired) electrons. The number of aryl methyl sites for hydroxylation is 2. The minimum absolute atomic E-state index is 0.128. The molecule has 0 bridgehead atoms. The summed E-state index contributed by atoms with van der Waals surface area (Å²) in [5, 5.41) is 9.70. The Morgan fingerprint density at radius 3 is 2.55 bits per heavy atom. The maximum absolute atomic E-state index is 9.70. The first-order valence-corrected chi connectivity index (χ1v) is 3.00. The third kappa shape index (κ3) is 1.66. The van der Waals surface area contributed by atoms with Crippen LogP contribution in [-0.4, -0.2) is 15.2 Å². The lowest BCUT2D eigenvalue weighted by atomic mass is 10.4. The van der Waals surface area contributed by atoms with Crippen LogP contribution in [-0.2, 0) is 0 Å². The average Bonchev–Trinajstić information content (AvgIpc) is 1.98. The van der Waals surface area contributed by atoms with E-state index in [0.29, 0.717) is 0 Å². The highest BCUT2D eigenvalue weighted by atomic mass is 16.3. The third-order valence-electron chi connectivity index (χ3n) is 1.24. The average molecular weight is 153 g/mol. The topological polar surface area (TPSA) is 80.1 Å². The van der Waals surface area contributed by atoms with Crippen LogP contribution in [0.25, 0.3) is 0 Å². The molecule has 6 nitrogen and oxygen atoms in total. The Bertz CT molecular complexity index is 274. The zero-order chi connectivity index (χ0) is 8.27. The molecule has 0 aliphatic heterocycles. The summed E-state index contributed by atoms with van der Waals surface area (Å²) in [6.07, 6.45) is 0. The van der Waals surface area contributed by atoms with Crippen LogP contribution in [0.4, 0.5) is 5.95 Å².